The Bertz CT molecular complexity index is 463. The zero-order valence-corrected chi connectivity index (χ0v) is 12.3. The van der Waals surface area contributed by atoms with E-state index in [1.54, 1.807) is 6.07 Å². The van der Waals surface area contributed by atoms with Gasteiger partial charge in [0.25, 0.3) is 0 Å². The zero-order valence-electron chi connectivity index (χ0n) is 10.8. The molecule has 0 atom stereocenters. The number of aliphatic carboxylic acids is 1. The molecule has 2 rings (SSSR count). The van der Waals surface area contributed by atoms with E-state index in [1.165, 1.54) is 12.8 Å². The molecule has 1 aromatic rings. The second-order valence-corrected chi connectivity index (χ2v) is 6.39. The van der Waals surface area contributed by atoms with Crippen LogP contribution in [0.4, 0.5) is 0 Å². The van der Waals surface area contributed by atoms with Crippen molar-refractivity contribution in [2.45, 2.75) is 49.8 Å². The maximum atomic E-state index is 10.7. The van der Waals surface area contributed by atoms with Crippen molar-refractivity contribution in [2.75, 3.05) is 0 Å². The monoisotopic (exact) mass is 300 g/mol. The highest BCUT2D eigenvalue weighted by Gasteiger charge is 2.32. The number of carbonyl (C=O) groups is 1. The molecule has 1 saturated carbocycles. The lowest BCUT2D eigenvalue weighted by molar-refractivity contribution is -0.136. The van der Waals surface area contributed by atoms with Crippen molar-refractivity contribution >= 4 is 29.2 Å². The number of benzene rings is 1. The van der Waals surface area contributed by atoms with E-state index in [0.717, 1.165) is 36.8 Å². The van der Waals surface area contributed by atoms with E-state index in [4.69, 9.17) is 28.3 Å². The third-order valence-electron chi connectivity index (χ3n) is 3.77. The summed E-state index contributed by atoms with van der Waals surface area (Å²) in [7, 11) is 0. The fourth-order valence-corrected chi connectivity index (χ4v) is 3.63. The van der Waals surface area contributed by atoms with E-state index >= 15 is 0 Å². The fraction of sp³-hybridized carbons (Fsp3) is 0.533. The Kier molecular flexibility index (Phi) is 4.75. The topological polar surface area (TPSA) is 37.3 Å². The first-order valence-electron chi connectivity index (χ1n) is 6.71. The second kappa shape index (κ2) is 6.15. The summed E-state index contributed by atoms with van der Waals surface area (Å²) in [5, 5.41) is 9.39. The standard InChI is InChI=1S/C15H18Cl2O2/c16-13-9-11(10-14(18)19)5-6-12(13)15(17)7-3-1-2-4-8-15/h5-6,9H,1-4,7-8,10H2,(H,18,19). The molecule has 1 fully saturated rings. The molecule has 0 unspecified atom stereocenters. The molecule has 2 nitrogen and oxygen atoms in total. The predicted molar refractivity (Wildman–Crippen MR) is 78.0 cm³/mol. The molecule has 0 radical (unpaired) electrons. The molecule has 0 aliphatic heterocycles. The first kappa shape index (κ1) is 14.7. The van der Waals surface area contributed by atoms with E-state index in [2.05, 4.69) is 0 Å². The highest BCUT2D eigenvalue weighted by atomic mass is 35.5. The molecular weight excluding hydrogens is 283 g/mol. The Morgan fingerprint density at radius 2 is 1.84 bits per heavy atom. The van der Waals surface area contributed by atoms with Crippen LogP contribution < -0.4 is 0 Å². The summed E-state index contributed by atoms with van der Waals surface area (Å²) in [6.45, 7) is 0. The average Bonchev–Trinajstić information content (AvgIpc) is 2.54. The van der Waals surface area contributed by atoms with Gasteiger partial charge in [-0.15, -0.1) is 11.6 Å². The molecule has 0 bridgehead atoms. The van der Waals surface area contributed by atoms with Crippen LogP contribution in [0.25, 0.3) is 0 Å². The Labute approximate surface area is 123 Å². The highest BCUT2D eigenvalue weighted by molar-refractivity contribution is 6.33. The molecule has 104 valence electrons. The van der Waals surface area contributed by atoms with Crippen LogP contribution >= 0.6 is 23.2 Å². The van der Waals surface area contributed by atoms with Gasteiger partial charge in [-0.1, -0.05) is 49.4 Å². The number of halogens is 2. The van der Waals surface area contributed by atoms with Gasteiger partial charge in [-0.3, -0.25) is 4.79 Å². The molecular formula is C15H18Cl2O2. The van der Waals surface area contributed by atoms with E-state index in [1.807, 2.05) is 12.1 Å². The zero-order chi connectivity index (χ0) is 13.9. The van der Waals surface area contributed by atoms with Crippen molar-refractivity contribution < 1.29 is 9.90 Å². The second-order valence-electron chi connectivity index (χ2n) is 5.26. The van der Waals surface area contributed by atoms with Gasteiger partial charge in [0.2, 0.25) is 0 Å². The first-order chi connectivity index (χ1) is 9.01. The lowest BCUT2D eigenvalue weighted by Crippen LogP contribution is -2.18. The lowest BCUT2D eigenvalue weighted by atomic mass is 9.90. The van der Waals surface area contributed by atoms with Crippen LogP contribution in [0, 0.1) is 0 Å². The number of carboxylic acid groups (broad SMARTS) is 1. The fourth-order valence-electron chi connectivity index (χ4n) is 2.76. The highest BCUT2D eigenvalue weighted by Crippen LogP contribution is 2.44. The van der Waals surface area contributed by atoms with Gasteiger partial charge in [0.1, 0.15) is 0 Å². The van der Waals surface area contributed by atoms with Crippen molar-refractivity contribution in [2.24, 2.45) is 0 Å². The van der Waals surface area contributed by atoms with E-state index in [-0.39, 0.29) is 11.3 Å². The smallest absolute Gasteiger partial charge is 0.307 e. The first-order valence-corrected chi connectivity index (χ1v) is 7.46. The Hall–Kier alpha value is -0.730. The van der Waals surface area contributed by atoms with Crippen LogP contribution in [0.1, 0.15) is 49.7 Å². The van der Waals surface area contributed by atoms with Crippen molar-refractivity contribution in [3.05, 3.63) is 34.3 Å². The van der Waals surface area contributed by atoms with Gasteiger partial charge in [-0.05, 0) is 30.0 Å². The van der Waals surface area contributed by atoms with Crippen molar-refractivity contribution in [1.29, 1.82) is 0 Å². The Morgan fingerprint density at radius 1 is 1.21 bits per heavy atom. The van der Waals surface area contributed by atoms with Gasteiger partial charge < -0.3 is 5.11 Å². The quantitative estimate of drug-likeness (QED) is 0.646. The van der Waals surface area contributed by atoms with Crippen LogP contribution in [0.15, 0.2) is 18.2 Å². The summed E-state index contributed by atoms with van der Waals surface area (Å²) in [5.41, 5.74) is 1.67. The minimum Gasteiger partial charge on any atom is -0.481 e. The van der Waals surface area contributed by atoms with Crippen molar-refractivity contribution in [3.8, 4) is 0 Å². The predicted octanol–water partition coefficient (Wildman–Crippen LogP) is 4.76. The van der Waals surface area contributed by atoms with Gasteiger partial charge in [-0.2, -0.15) is 0 Å². The number of hydrogen-bond acceptors (Lipinski definition) is 1. The third kappa shape index (κ3) is 3.64. The van der Waals surface area contributed by atoms with Gasteiger partial charge in [0.05, 0.1) is 11.3 Å². The van der Waals surface area contributed by atoms with Gasteiger partial charge in [0.15, 0.2) is 0 Å². The summed E-state index contributed by atoms with van der Waals surface area (Å²) in [6.07, 6.45) is 6.56. The molecule has 0 heterocycles. The molecule has 1 aliphatic rings. The number of rotatable bonds is 3. The van der Waals surface area contributed by atoms with Crippen LogP contribution in [0.3, 0.4) is 0 Å². The van der Waals surface area contributed by atoms with Gasteiger partial charge in [0, 0.05) is 5.02 Å². The average molecular weight is 301 g/mol. The van der Waals surface area contributed by atoms with Crippen LogP contribution in [-0.4, -0.2) is 11.1 Å². The molecule has 0 aromatic heterocycles. The summed E-state index contributed by atoms with van der Waals surface area (Å²) in [4.78, 5) is 10.3. The maximum absolute atomic E-state index is 10.7. The summed E-state index contributed by atoms with van der Waals surface area (Å²) >= 11 is 13.1. The Balaban J connectivity index is 2.26. The molecule has 1 aliphatic carbocycles. The van der Waals surface area contributed by atoms with E-state index in [0.29, 0.717) is 5.02 Å². The van der Waals surface area contributed by atoms with E-state index < -0.39 is 5.97 Å². The summed E-state index contributed by atoms with van der Waals surface area (Å²) < 4.78 is 0. The number of carboxylic acids is 1. The molecule has 19 heavy (non-hydrogen) atoms. The normalized spacial score (nSPS) is 18.8. The van der Waals surface area contributed by atoms with E-state index in [9.17, 15) is 4.79 Å². The molecule has 0 spiro atoms. The van der Waals surface area contributed by atoms with Crippen LogP contribution in [0.2, 0.25) is 5.02 Å². The lowest BCUT2D eigenvalue weighted by Gasteiger charge is -2.27. The minimum absolute atomic E-state index is 0.00468. The Morgan fingerprint density at radius 3 is 2.37 bits per heavy atom. The van der Waals surface area contributed by atoms with Crippen LogP contribution in [-0.2, 0) is 16.1 Å². The van der Waals surface area contributed by atoms with Gasteiger partial charge >= 0.3 is 5.97 Å². The molecule has 1 aromatic carbocycles. The van der Waals surface area contributed by atoms with Crippen LogP contribution in [0.5, 0.6) is 0 Å². The minimum atomic E-state index is -0.848. The molecule has 1 N–H and O–H groups in total. The molecule has 0 saturated heterocycles. The largest absolute Gasteiger partial charge is 0.481 e. The van der Waals surface area contributed by atoms with Crippen molar-refractivity contribution in [1.82, 2.24) is 0 Å². The van der Waals surface area contributed by atoms with Gasteiger partial charge in [-0.25, -0.2) is 0 Å². The number of alkyl halides is 1. The SMILES string of the molecule is O=C(O)Cc1ccc(C2(Cl)CCCCCC2)c(Cl)c1. The maximum Gasteiger partial charge on any atom is 0.307 e. The molecule has 4 heteroatoms. The third-order valence-corrected chi connectivity index (χ3v) is 4.66. The summed E-state index contributed by atoms with van der Waals surface area (Å²) in [6, 6.07) is 5.46. The molecule has 0 amide bonds. The van der Waals surface area contributed by atoms with Crippen molar-refractivity contribution in [3.63, 3.8) is 0 Å². The number of hydrogen-bond donors (Lipinski definition) is 1. The summed E-state index contributed by atoms with van der Waals surface area (Å²) in [5.74, 6) is -0.848.